The molecular weight excluding hydrogens is 445 g/mol. The lowest BCUT2D eigenvalue weighted by molar-refractivity contribution is 0.0950. The van der Waals surface area contributed by atoms with Crippen LogP contribution < -0.4 is 5.32 Å². The Labute approximate surface area is 174 Å². The molecule has 132 valence electrons. The molecule has 1 N–H and O–H groups in total. The van der Waals surface area contributed by atoms with Gasteiger partial charge in [-0.15, -0.1) is 0 Å². The van der Waals surface area contributed by atoms with Gasteiger partial charge in [0.25, 0.3) is 5.91 Å². The van der Waals surface area contributed by atoms with Crippen LogP contribution in [0.15, 0.2) is 71.2 Å². The Bertz CT molecular complexity index is 1150. The summed E-state index contributed by atoms with van der Waals surface area (Å²) in [7, 11) is 0. The maximum atomic E-state index is 12.7. The van der Waals surface area contributed by atoms with Crippen LogP contribution in [-0.4, -0.2) is 5.91 Å². The summed E-state index contributed by atoms with van der Waals surface area (Å²) in [4.78, 5) is 12.7. The highest BCUT2D eigenvalue weighted by Gasteiger charge is 2.47. The van der Waals surface area contributed by atoms with Crippen LogP contribution in [0.5, 0.6) is 0 Å². The van der Waals surface area contributed by atoms with Gasteiger partial charge in [0.05, 0.1) is 0 Å². The van der Waals surface area contributed by atoms with Gasteiger partial charge in [-0.3, -0.25) is 4.79 Å². The van der Waals surface area contributed by atoms with E-state index < -0.39 is 5.54 Å². The van der Waals surface area contributed by atoms with E-state index in [2.05, 4.69) is 27.3 Å². The first-order valence-electron chi connectivity index (χ1n) is 8.40. The quantitative estimate of drug-likeness (QED) is 0.464. The Hall–Kier alpha value is -2.07. The lowest BCUT2D eigenvalue weighted by atomic mass is 9.85. The van der Waals surface area contributed by atoms with Crippen molar-refractivity contribution >= 4 is 50.6 Å². The molecule has 0 saturated carbocycles. The van der Waals surface area contributed by atoms with E-state index in [4.69, 9.17) is 23.2 Å². The fraction of sp³-hybridized carbons (Fsp3) is 0.0455. The Morgan fingerprint density at radius 2 is 1.56 bits per heavy atom. The second-order valence-electron chi connectivity index (χ2n) is 6.71. The molecule has 2 aliphatic rings. The van der Waals surface area contributed by atoms with Crippen molar-refractivity contribution < 1.29 is 4.79 Å². The highest BCUT2D eigenvalue weighted by molar-refractivity contribution is 9.10. The van der Waals surface area contributed by atoms with Gasteiger partial charge in [0, 0.05) is 20.1 Å². The minimum atomic E-state index is -0.720. The van der Waals surface area contributed by atoms with Gasteiger partial charge in [-0.05, 0) is 70.3 Å². The van der Waals surface area contributed by atoms with E-state index in [1.807, 2.05) is 60.7 Å². The first-order chi connectivity index (χ1) is 13.0. The summed E-state index contributed by atoms with van der Waals surface area (Å²) in [5, 5.41) is 4.52. The molecule has 5 heteroatoms. The first-order valence-corrected chi connectivity index (χ1v) is 9.94. The van der Waals surface area contributed by atoms with Gasteiger partial charge in [-0.2, -0.15) is 0 Å². The number of fused-ring (bicyclic) bond motifs is 4. The largest absolute Gasteiger partial charge is 0.335 e. The summed E-state index contributed by atoms with van der Waals surface area (Å²) in [6.45, 7) is 0. The molecule has 0 aromatic heterocycles. The van der Waals surface area contributed by atoms with E-state index in [0.717, 1.165) is 32.3 Å². The Morgan fingerprint density at radius 3 is 2.33 bits per heavy atom. The van der Waals surface area contributed by atoms with Crippen LogP contribution in [0.4, 0.5) is 0 Å². The van der Waals surface area contributed by atoms with E-state index in [9.17, 15) is 4.79 Å². The zero-order valence-corrected chi connectivity index (χ0v) is 17.0. The Morgan fingerprint density at radius 1 is 0.815 bits per heavy atom. The molecule has 1 aliphatic carbocycles. The first kappa shape index (κ1) is 17.1. The predicted octanol–water partition coefficient (Wildman–Crippen LogP) is 6.19. The van der Waals surface area contributed by atoms with Crippen molar-refractivity contribution in [2.75, 3.05) is 0 Å². The van der Waals surface area contributed by atoms with Crippen molar-refractivity contribution in [3.8, 4) is 0 Å². The molecule has 0 saturated heterocycles. The monoisotopic (exact) mass is 455 g/mol. The molecule has 0 radical (unpaired) electrons. The maximum absolute atomic E-state index is 12.7. The topological polar surface area (TPSA) is 29.1 Å². The molecule has 1 spiro atoms. The van der Waals surface area contributed by atoms with Crippen LogP contribution in [-0.2, 0) is 5.54 Å². The summed E-state index contributed by atoms with van der Waals surface area (Å²) in [6, 6.07) is 19.4. The number of carbonyl (C=O) groups excluding carboxylic acids is 1. The van der Waals surface area contributed by atoms with Gasteiger partial charge in [-0.25, -0.2) is 0 Å². The molecule has 1 aliphatic heterocycles. The number of halogens is 3. The van der Waals surface area contributed by atoms with Crippen molar-refractivity contribution in [2.45, 2.75) is 5.54 Å². The highest BCUT2D eigenvalue weighted by Crippen LogP contribution is 2.50. The number of carbonyl (C=O) groups is 1. The standard InChI is InChI=1S/C22H12BrCl2NO/c23-13-3-8-19-17(9-13)21(27)26-22(19)11-18(12-1-4-14(24)5-2-12)16-7-6-15(25)10-20(16)22/h1-11H,(H,26,27). The minimum Gasteiger partial charge on any atom is -0.335 e. The number of rotatable bonds is 1. The predicted molar refractivity (Wildman–Crippen MR) is 112 cm³/mol. The zero-order valence-electron chi connectivity index (χ0n) is 13.9. The van der Waals surface area contributed by atoms with Crippen LogP contribution in [0.25, 0.3) is 5.57 Å². The Balaban J connectivity index is 1.81. The second kappa shape index (κ2) is 5.96. The van der Waals surface area contributed by atoms with Gasteiger partial charge >= 0.3 is 0 Å². The van der Waals surface area contributed by atoms with Gasteiger partial charge < -0.3 is 5.32 Å². The van der Waals surface area contributed by atoms with E-state index >= 15 is 0 Å². The van der Waals surface area contributed by atoms with Gasteiger partial charge in [0.2, 0.25) is 0 Å². The molecule has 27 heavy (non-hydrogen) atoms. The smallest absolute Gasteiger partial charge is 0.252 e. The summed E-state index contributed by atoms with van der Waals surface area (Å²) < 4.78 is 0.875. The van der Waals surface area contributed by atoms with E-state index in [1.54, 1.807) is 0 Å². The molecule has 1 atom stereocenters. The fourth-order valence-corrected chi connectivity index (χ4v) is 4.67. The van der Waals surface area contributed by atoms with Crippen LogP contribution in [0.1, 0.15) is 32.6 Å². The molecule has 1 amide bonds. The number of amides is 1. The van der Waals surface area contributed by atoms with Crippen LogP contribution in [0.2, 0.25) is 10.0 Å². The van der Waals surface area contributed by atoms with Crippen molar-refractivity contribution in [1.82, 2.24) is 5.32 Å². The second-order valence-corrected chi connectivity index (χ2v) is 8.50. The summed E-state index contributed by atoms with van der Waals surface area (Å²) in [6.07, 6.45) is 2.12. The average Bonchev–Trinajstić information content (AvgIpc) is 3.11. The summed E-state index contributed by atoms with van der Waals surface area (Å²) in [5.74, 6) is -0.0918. The van der Waals surface area contributed by atoms with Crippen LogP contribution in [0.3, 0.4) is 0 Å². The van der Waals surface area contributed by atoms with Crippen molar-refractivity contribution in [2.24, 2.45) is 0 Å². The van der Waals surface area contributed by atoms with E-state index in [0.29, 0.717) is 15.6 Å². The molecule has 0 fully saturated rings. The number of benzene rings is 3. The third-order valence-electron chi connectivity index (χ3n) is 5.17. The van der Waals surface area contributed by atoms with Gasteiger partial charge in [0.15, 0.2) is 0 Å². The maximum Gasteiger partial charge on any atom is 0.252 e. The molecule has 0 bridgehead atoms. The van der Waals surface area contributed by atoms with Crippen molar-refractivity contribution in [1.29, 1.82) is 0 Å². The third-order valence-corrected chi connectivity index (χ3v) is 6.15. The molecule has 2 nitrogen and oxygen atoms in total. The molecule has 1 heterocycles. The van der Waals surface area contributed by atoms with E-state index in [-0.39, 0.29) is 5.91 Å². The minimum absolute atomic E-state index is 0.0918. The number of hydrogen-bond donors (Lipinski definition) is 1. The average molecular weight is 457 g/mol. The molecule has 5 rings (SSSR count). The normalized spacial score (nSPS) is 19.7. The summed E-state index contributed by atoms with van der Waals surface area (Å²) in [5.41, 5.74) is 5.01. The third kappa shape index (κ3) is 2.49. The van der Waals surface area contributed by atoms with Crippen LogP contribution in [0, 0.1) is 0 Å². The zero-order chi connectivity index (χ0) is 18.8. The lowest BCUT2D eigenvalue weighted by Crippen LogP contribution is -2.37. The SMILES string of the molecule is O=C1NC2(C=C(c3ccc(Cl)cc3)c3ccc(Cl)cc32)c2ccc(Br)cc21. The van der Waals surface area contributed by atoms with Gasteiger partial charge in [-0.1, -0.05) is 63.4 Å². The molecule has 3 aromatic carbocycles. The van der Waals surface area contributed by atoms with Gasteiger partial charge in [0.1, 0.15) is 5.54 Å². The molecule has 3 aromatic rings. The Kier molecular flexibility index (Phi) is 3.77. The van der Waals surface area contributed by atoms with E-state index in [1.165, 1.54) is 0 Å². The van der Waals surface area contributed by atoms with Crippen LogP contribution >= 0.6 is 39.1 Å². The highest BCUT2D eigenvalue weighted by atomic mass is 79.9. The molecule has 1 unspecified atom stereocenters. The number of nitrogens with one attached hydrogen (secondary N) is 1. The number of hydrogen-bond acceptors (Lipinski definition) is 1. The lowest BCUT2D eigenvalue weighted by Gasteiger charge is -2.25. The van der Waals surface area contributed by atoms with Crippen molar-refractivity contribution in [3.05, 3.63) is 109 Å². The van der Waals surface area contributed by atoms with Crippen molar-refractivity contribution in [3.63, 3.8) is 0 Å². The fourth-order valence-electron chi connectivity index (χ4n) is 4.01. The molecular formula is C22H12BrCl2NO. The summed E-state index contributed by atoms with van der Waals surface area (Å²) >= 11 is 15.8.